The predicted molar refractivity (Wildman–Crippen MR) is 60.4 cm³/mol. The molecule has 1 aromatic rings. The average molecular weight is 243 g/mol. The molecule has 0 spiro atoms. The Morgan fingerprint density at radius 3 is 2.75 bits per heavy atom. The van der Waals surface area contributed by atoms with E-state index in [0.29, 0.717) is 11.1 Å². The minimum Gasteiger partial charge on any atom is -0.368 e. The number of carbonyl (C=O) groups is 1. The smallest absolute Gasteiger partial charge is 0.272 e. The number of primary amides is 1. The standard InChI is InChI=1S/C10H11ClN2O3/c1-6-2-3-7(4-8(11)10(12)14)5-9(6)13(15)16/h2-3,5,8H,4H2,1H3,(H2,12,14). The van der Waals surface area contributed by atoms with Crippen LogP contribution in [0, 0.1) is 17.0 Å². The van der Waals surface area contributed by atoms with Crippen LogP contribution in [-0.4, -0.2) is 16.2 Å². The fraction of sp³-hybridized carbons (Fsp3) is 0.300. The first kappa shape index (κ1) is 12.4. The van der Waals surface area contributed by atoms with Gasteiger partial charge in [-0.05, 0) is 18.9 Å². The maximum Gasteiger partial charge on any atom is 0.272 e. The minimum atomic E-state index is -0.845. The van der Waals surface area contributed by atoms with Crippen LogP contribution in [-0.2, 0) is 11.2 Å². The lowest BCUT2D eigenvalue weighted by Crippen LogP contribution is -2.25. The van der Waals surface area contributed by atoms with Crippen LogP contribution in [0.15, 0.2) is 18.2 Å². The van der Waals surface area contributed by atoms with Gasteiger partial charge < -0.3 is 5.73 Å². The first-order valence-corrected chi connectivity index (χ1v) is 5.02. The molecule has 0 saturated carbocycles. The second kappa shape index (κ2) is 4.94. The van der Waals surface area contributed by atoms with Crippen LogP contribution in [0.25, 0.3) is 0 Å². The molecule has 0 saturated heterocycles. The van der Waals surface area contributed by atoms with Gasteiger partial charge in [0.2, 0.25) is 5.91 Å². The molecule has 0 aliphatic rings. The number of hydrogen-bond acceptors (Lipinski definition) is 3. The van der Waals surface area contributed by atoms with Crippen molar-refractivity contribution in [1.82, 2.24) is 0 Å². The highest BCUT2D eigenvalue weighted by Gasteiger charge is 2.15. The third kappa shape index (κ3) is 2.93. The van der Waals surface area contributed by atoms with Crippen LogP contribution in [0.1, 0.15) is 11.1 Å². The van der Waals surface area contributed by atoms with Gasteiger partial charge in [-0.25, -0.2) is 0 Å². The molecule has 1 atom stereocenters. The number of carbonyl (C=O) groups excluding carboxylic acids is 1. The van der Waals surface area contributed by atoms with Gasteiger partial charge in [0.1, 0.15) is 5.38 Å². The number of hydrogen-bond donors (Lipinski definition) is 1. The van der Waals surface area contributed by atoms with Crippen LogP contribution in [0.2, 0.25) is 0 Å². The highest BCUT2D eigenvalue weighted by Crippen LogP contribution is 2.20. The van der Waals surface area contributed by atoms with Gasteiger partial charge in [-0.2, -0.15) is 0 Å². The van der Waals surface area contributed by atoms with Gasteiger partial charge in [0, 0.05) is 11.6 Å². The van der Waals surface area contributed by atoms with Gasteiger partial charge in [-0.15, -0.1) is 11.6 Å². The Balaban J connectivity index is 2.95. The summed E-state index contributed by atoms with van der Waals surface area (Å²) < 4.78 is 0. The van der Waals surface area contributed by atoms with Gasteiger partial charge in [-0.3, -0.25) is 14.9 Å². The van der Waals surface area contributed by atoms with E-state index in [1.165, 1.54) is 6.07 Å². The summed E-state index contributed by atoms with van der Waals surface area (Å²) in [5.74, 6) is -0.634. The number of amides is 1. The molecule has 0 radical (unpaired) electrons. The molecule has 0 aliphatic carbocycles. The summed E-state index contributed by atoms with van der Waals surface area (Å²) in [6.45, 7) is 1.65. The zero-order valence-corrected chi connectivity index (χ0v) is 9.40. The average Bonchev–Trinajstić information content (AvgIpc) is 2.20. The van der Waals surface area contributed by atoms with Gasteiger partial charge in [0.05, 0.1) is 4.92 Å². The fourth-order valence-electron chi connectivity index (χ4n) is 1.29. The van der Waals surface area contributed by atoms with Crippen molar-refractivity contribution in [2.45, 2.75) is 18.7 Å². The van der Waals surface area contributed by atoms with Crippen LogP contribution >= 0.6 is 11.6 Å². The van der Waals surface area contributed by atoms with Crippen molar-refractivity contribution in [3.05, 3.63) is 39.4 Å². The van der Waals surface area contributed by atoms with Crippen LogP contribution in [0.4, 0.5) is 5.69 Å². The van der Waals surface area contributed by atoms with E-state index >= 15 is 0 Å². The molecule has 1 rings (SSSR count). The molecule has 5 nitrogen and oxygen atoms in total. The Morgan fingerprint density at radius 2 is 2.25 bits per heavy atom. The molecule has 86 valence electrons. The number of nitrogens with two attached hydrogens (primary N) is 1. The molecule has 0 aliphatic heterocycles. The number of alkyl halides is 1. The highest BCUT2D eigenvalue weighted by molar-refractivity contribution is 6.30. The number of aryl methyl sites for hydroxylation is 1. The van der Waals surface area contributed by atoms with E-state index in [9.17, 15) is 14.9 Å². The lowest BCUT2D eigenvalue weighted by molar-refractivity contribution is -0.385. The molecule has 2 N–H and O–H groups in total. The number of nitrogens with zero attached hydrogens (tertiary/aromatic N) is 1. The number of halogens is 1. The lowest BCUT2D eigenvalue weighted by atomic mass is 10.1. The van der Waals surface area contributed by atoms with Crippen molar-refractivity contribution >= 4 is 23.2 Å². The molecule has 0 heterocycles. The summed E-state index contributed by atoms with van der Waals surface area (Å²) in [7, 11) is 0. The number of nitro groups is 1. The Morgan fingerprint density at radius 1 is 1.62 bits per heavy atom. The Hall–Kier alpha value is -1.62. The van der Waals surface area contributed by atoms with Crippen LogP contribution < -0.4 is 5.73 Å². The highest BCUT2D eigenvalue weighted by atomic mass is 35.5. The van der Waals surface area contributed by atoms with Crippen molar-refractivity contribution in [3.8, 4) is 0 Å². The van der Waals surface area contributed by atoms with Gasteiger partial charge in [-0.1, -0.05) is 12.1 Å². The SMILES string of the molecule is Cc1ccc(CC(Cl)C(N)=O)cc1[N+](=O)[O-]. The minimum absolute atomic E-state index is 0.0193. The van der Waals surface area contributed by atoms with E-state index in [2.05, 4.69) is 0 Å². The second-order valence-electron chi connectivity index (χ2n) is 3.45. The van der Waals surface area contributed by atoms with Crippen molar-refractivity contribution in [3.63, 3.8) is 0 Å². The van der Waals surface area contributed by atoms with Crippen LogP contribution in [0.5, 0.6) is 0 Å². The third-order valence-electron chi connectivity index (χ3n) is 2.19. The van der Waals surface area contributed by atoms with Crippen molar-refractivity contribution in [1.29, 1.82) is 0 Å². The molecule has 0 aromatic heterocycles. The van der Waals surface area contributed by atoms with E-state index < -0.39 is 16.2 Å². The normalized spacial score (nSPS) is 12.1. The topological polar surface area (TPSA) is 86.2 Å². The predicted octanol–water partition coefficient (Wildman–Crippen LogP) is 1.54. The number of benzene rings is 1. The molecule has 16 heavy (non-hydrogen) atoms. The third-order valence-corrected chi connectivity index (χ3v) is 2.56. The monoisotopic (exact) mass is 242 g/mol. The summed E-state index contributed by atoms with van der Waals surface area (Å²) >= 11 is 5.68. The van der Waals surface area contributed by atoms with E-state index in [0.717, 1.165) is 0 Å². The number of nitro benzene ring substituents is 1. The van der Waals surface area contributed by atoms with E-state index in [-0.39, 0.29) is 12.1 Å². The van der Waals surface area contributed by atoms with E-state index in [4.69, 9.17) is 17.3 Å². The summed E-state index contributed by atoms with van der Waals surface area (Å²) in [4.78, 5) is 21.0. The van der Waals surface area contributed by atoms with Crippen LogP contribution in [0.3, 0.4) is 0 Å². The summed E-state index contributed by atoms with van der Waals surface area (Å²) in [5.41, 5.74) is 6.22. The molecule has 0 fully saturated rings. The summed E-state index contributed by atoms with van der Waals surface area (Å²) in [6.07, 6.45) is 0.192. The zero-order chi connectivity index (χ0) is 12.3. The molecule has 0 bridgehead atoms. The number of rotatable bonds is 4. The maximum atomic E-state index is 10.7. The first-order valence-electron chi connectivity index (χ1n) is 4.59. The summed E-state index contributed by atoms with van der Waals surface area (Å²) in [5, 5.41) is 9.83. The molecular formula is C10H11ClN2O3. The summed E-state index contributed by atoms with van der Waals surface area (Å²) in [6, 6.07) is 4.73. The van der Waals surface area contributed by atoms with E-state index in [1.54, 1.807) is 19.1 Å². The molecule has 6 heteroatoms. The second-order valence-corrected chi connectivity index (χ2v) is 3.98. The van der Waals surface area contributed by atoms with Crippen molar-refractivity contribution < 1.29 is 9.72 Å². The van der Waals surface area contributed by atoms with Crippen molar-refractivity contribution in [2.24, 2.45) is 5.73 Å². The van der Waals surface area contributed by atoms with Gasteiger partial charge in [0.15, 0.2) is 0 Å². The Bertz CT molecular complexity index is 434. The van der Waals surface area contributed by atoms with E-state index in [1.807, 2.05) is 0 Å². The van der Waals surface area contributed by atoms with Crippen molar-refractivity contribution in [2.75, 3.05) is 0 Å². The van der Waals surface area contributed by atoms with Gasteiger partial charge >= 0.3 is 0 Å². The molecule has 1 unspecified atom stereocenters. The maximum absolute atomic E-state index is 10.7. The largest absolute Gasteiger partial charge is 0.368 e. The van der Waals surface area contributed by atoms with Gasteiger partial charge in [0.25, 0.3) is 5.69 Å². The molecular weight excluding hydrogens is 232 g/mol. The lowest BCUT2D eigenvalue weighted by Gasteiger charge is -2.06. The Kier molecular flexibility index (Phi) is 3.84. The fourth-order valence-corrected chi connectivity index (χ4v) is 1.46. The first-order chi connectivity index (χ1) is 7.41. The quantitative estimate of drug-likeness (QED) is 0.494. The zero-order valence-electron chi connectivity index (χ0n) is 8.64. The molecule has 1 aromatic carbocycles. The Labute approximate surface area is 97.3 Å². The molecule has 1 amide bonds.